The van der Waals surface area contributed by atoms with Crippen molar-refractivity contribution in [3.63, 3.8) is 0 Å². The molecular formula is C30H29NO8. The van der Waals surface area contributed by atoms with Crippen LogP contribution in [0.3, 0.4) is 0 Å². The third-order valence-electron chi connectivity index (χ3n) is 8.16. The summed E-state index contributed by atoms with van der Waals surface area (Å²) in [4.78, 5) is 65.3. The molecule has 5 rings (SSSR count). The molecule has 0 bridgehead atoms. The fraction of sp³-hybridized carbons (Fsp3) is 0.367. The van der Waals surface area contributed by atoms with Crippen molar-refractivity contribution in [1.29, 1.82) is 0 Å². The Balaban J connectivity index is 1.53. The van der Waals surface area contributed by atoms with E-state index >= 15 is 0 Å². The van der Waals surface area contributed by atoms with Crippen LogP contribution in [0.5, 0.6) is 11.5 Å². The highest BCUT2D eigenvalue weighted by molar-refractivity contribution is 6.23. The Hall–Kier alpha value is -4.27. The van der Waals surface area contributed by atoms with Crippen LogP contribution in [0.25, 0.3) is 6.08 Å². The molecule has 1 saturated heterocycles. The van der Waals surface area contributed by atoms with Gasteiger partial charge in [0.1, 0.15) is 0 Å². The Morgan fingerprint density at radius 1 is 1.15 bits per heavy atom. The van der Waals surface area contributed by atoms with Gasteiger partial charge < -0.3 is 14.9 Å². The second-order valence-corrected chi connectivity index (χ2v) is 10.4. The number of carbonyl (C=O) groups excluding carboxylic acids is 4. The first-order valence-electron chi connectivity index (χ1n) is 12.9. The molecule has 1 heterocycles. The van der Waals surface area contributed by atoms with Gasteiger partial charge in [-0.05, 0) is 55.9 Å². The van der Waals surface area contributed by atoms with Gasteiger partial charge in [0, 0.05) is 35.6 Å². The number of hydrogen-bond acceptors (Lipinski definition) is 7. The largest absolute Gasteiger partial charge is 0.504 e. The van der Waals surface area contributed by atoms with Crippen molar-refractivity contribution in [2.75, 3.05) is 13.7 Å². The molecule has 0 saturated carbocycles. The monoisotopic (exact) mass is 531 g/mol. The molecule has 1 aromatic carbocycles. The number of phenolic OH excluding ortho intramolecular Hbond substituents is 1. The smallest absolute Gasteiger partial charge is 0.303 e. The van der Waals surface area contributed by atoms with E-state index in [4.69, 9.17) is 9.84 Å². The summed E-state index contributed by atoms with van der Waals surface area (Å²) in [6.45, 7) is 1.64. The number of methoxy groups -OCH3 is 1. The van der Waals surface area contributed by atoms with Crippen LogP contribution in [0.15, 0.2) is 58.7 Å². The van der Waals surface area contributed by atoms with Crippen molar-refractivity contribution < 1.29 is 38.9 Å². The number of fused-ring (bicyclic) bond motifs is 3. The average Bonchev–Trinajstić information content (AvgIpc) is 3.15. The standard InChI is InChI=1S/C30H29NO8/c1-15-12-23(33)26-18(7-5-16-6-10-22(32)24(13-16)39-2)17-8-9-19-27(20(17)14-21(26)28(15)36)30(38)31(29(19)37)11-3-4-25(34)35/h5-8,10,12-13,18-20,27,32H,3-4,9,11,14H2,1-2H3,(H,34,35). The van der Waals surface area contributed by atoms with E-state index in [9.17, 15) is 29.1 Å². The van der Waals surface area contributed by atoms with Crippen molar-refractivity contribution in [3.8, 4) is 11.5 Å². The highest BCUT2D eigenvalue weighted by atomic mass is 16.5. The number of amides is 2. The van der Waals surface area contributed by atoms with Crippen LogP contribution in [0, 0.1) is 23.7 Å². The molecule has 9 nitrogen and oxygen atoms in total. The minimum Gasteiger partial charge on any atom is -0.504 e. The van der Waals surface area contributed by atoms with Gasteiger partial charge in [-0.3, -0.25) is 28.9 Å². The lowest BCUT2D eigenvalue weighted by atomic mass is 9.60. The van der Waals surface area contributed by atoms with E-state index in [0.29, 0.717) is 34.5 Å². The van der Waals surface area contributed by atoms with Gasteiger partial charge in [0.2, 0.25) is 11.8 Å². The number of hydrogen-bond donors (Lipinski definition) is 2. The maximum Gasteiger partial charge on any atom is 0.303 e. The molecule has 1 fully saturated rings. The molecule has 4 unspecified atom stereocenters. The fourth-order valence-corrected chi connectivity index (χ4v) is 6.34. The van der Waals surface area contributed by atoms with Crippen molar-refractivity contribution in [1.82, 2.24) is 4.90 Å². The maximum absolute atomic E-state index is 13.5. The summed E-state index contributed by atoms with van der Waals surface area (Å²) in [5.41, 5.74) is 2.66. The quantitative estimate of drug-likeness (QED) is 0.311. The number of nitrogens with zero attached hydrogens (tertiary/aromatic N) is 1. The lowest BCUT2D eigenvalue weighted by Gasteiger charge is -2.41. The van der Waals surface area contributed by atoms with Crippen LogP contribution in [0.1, 0.15) is 38.2 Å². The van der Waals surface area contributed by atoms with Gasteiger partial charge in [-0.25, -0.2) is 0 Å². The van der Waals surface area contributed by atoms with Gasteiger partial charge in [0.25, 0.3) is 0 Å². The van der Waals surface area contributed by atoms with E-state index < -0.39 is 29.6 Å². The zero-order chi connectivity index (χ0) is 28.0. The molecular weight excluding hydrogens is 502 g/mol. The van der Waals surface area contributed by atoms with Gasteiger partial charge in [-0.2, -0.15) is 0 Å². The van der Waals surface area contributed by atoms with Gasteiger partial charge in [-0.1, -0.05) is 29.9 Å². The Kier molecular flexibility index (Phi) is 6.84. The van der Waals surface area contributed by atoms with E-state index in [1.807, 2.05) is 12.2 Å². The number of imide groups is 1. The Morgan fingerprint density at radius 3 is 2.64 bits per heavy atom. The minimum absolute atomic E-state index is 0.00982. The number of benzene rings is 1. The van der Waals surface area contributed by atoms with E-state index in [0.717, 1.165) is 5.57 Å². The number of ether oxygens (including phenoxy) is 1. The van der Waals surface area contributed by atoms with Crippen LogP contribution in [0.2, 0.25) is 0 Å². The van der Waals surface area contributed by atoms with E-state index in [1.165, 1.54) is 24.2 Å². The van der Waals surface area contributed by atoms with Crippen molar-refractivity contribution in [2.45, 2.75) is 32.6 Å². The summed E-state index contributed by atoms with van der Waals surface area (Å²) < 4.78 is 5.19. The highest BCUT2D eigenvalue weighted by Crippen LogP contribution is 2.52. The first-order valence-corrected chi connectivity index (χ1v) is 12.9. The lowest BCUT2D eigenvalue weighted by molar-refractivity contribution is -0.142. The number of likely N-dealkylation sites (tertiary alicyclic amines) is 1. The predicted octanol–water partition coefficient (Wildman–Crippen LogP) is 3.24. The van der Waals surface area contributed by atoms with Crippen LogP contribution >= 0.6 is 0 Å². The van der Waals surface area contributed by atoms with Crippen molar-refractivity contribution in [2.24, 2.45) is 23.7 Å². The number of rotatable bonds is 7. The van der Waals surface area contributed by atoms with Crippen LogP contribution in [-0.2, 0) is 24.0 Å². The third kappa shape index (κ3) is 4.51. The molecule has 1 aliphatic heterocycles. The number of ketones is 2. The Morgan fingerprint density at radius 2 is 1.92 bits per heavy atom. The summed E-state index contributed by atoms with van der Waals surface area (Å²) >= 11 is 0. The summed E-state index contributed by atoms with van der Waals surface area (Å²) in [7, 11) is 1.44. The van der Waals surface area contributed by atoms with Gasteiger partial charge >= 0.3 is 5.97 Å². The SMILES string of the molecule is COc1cc(C=CC2C3=CCC4C(=O)N(CCCC(=O)O)C(=O)C4C3CC3=C2C(=O)C=C(C)C3=O)ccc1O. The number of carboxylic acids is 1. The molecule has 4 aliphatic rings. The summed E-state index contributed by atoms with van der Waals surface area (Å²) in [5, 5.41) is 18.9. The van der Waals surface area contributed by atoms with E-state index in [-0.39, 0.29) is 54.9 Å². The Bertz CT molecular complexity index is 1430. The minimum atomic E-state index is -0.994. The van der Waals surface area contributed by atoms with Crippen molar-refractivity contribution >= 4 is 35.4 Å². The molecule has 4 atom stereocenters. The molecule has 3 aliphatic carbocycles. The second-order valence-electron chi connectivity index (χ2n) is 10.4. The zero-order valence-corrected chi connectivity index (χ0v) is 21.7. The van der Waals surface area contributed by atoms with Gasteiger partial charge in [-0.15, -0.1) is 0 Å². The number of phenols is 1. The number of aromatic hydroxyl groups is 1. The van der Waals surface area contributed by atoms with Crippen molar-refractivity contribution in [3.05, 3.63) is 64.3 Å². The number of Topliss-reactive ketones (excluding diaryl/α,β-unsaturated/α-hetero) is 1. The molecule has 9 heteroatoms. The number of carboxylic acid groups (broad SMARTS) is 1. The fourth-order valence-electron chi connectivity index (χ4n) is 6.34. The van der Waals surface area contributed by atoms with Crippen LogP contribution < -0.4 is 4.74 Å². The molecule has 39 heavy (non-hydrogen) atoms. The van der Waals surface area contributed by atoms with Crippen LogP contribution in [0.4, 0.5) is 0 Å². The van der Waals surface area contributed by atoms with Gasteiger partial charge in [0.15, 0.2) is 23.1 Å². The summed E-state index contributed by atoms with van der Waals surface area (Å²) in [6, 6.07) is 4.85. The molecule has 202 valence electrons. The number of allylic oxidation sites excluding steroid dienone is 7. The Labute approximate surface area is 225 Å². The highest BCUT2D eigenvalue weighted by Gasteiger charge is 2.55. The first-order chi connectivity index (χ1) is 18.6. The van der Waals surface area contributed by atoms with E-state index in [1.54, 1.807) is 25.1 Å². The number of aliphatic carboxylic acids is 1. The average molecular weight is 532 g/mol. The molecule has 2 amide bonds. The first kappa shape index (κ1) is 26.3. The predicted molar refractivity (Wildman–Crippen MR) is 139 cm³/mol. The molecule has 0 aromatic heterocycles. The van der Waals surface area contributed by atoms with Gasteiger partial charge in [0.05, 0.1) is 18.9 Å². The number of carbonyl (C=O) groups is 5. The lowest BCUT2D eigenvalue weighted by Crippen LogP contribution is -2.40. The topological polar surface area (TPSA) is 138 Å². The van der Waals surface area contributed by atoms with E-state index in [2.05, 4.69) is 0 Å². The normalized spacial score (nSPS) is 26.4. The summed E-state index contributed by atoms with van der Waals surface area (Å²) in [6.07, 6.45) is 7.44. The molecule has 0 radical (unpaired) electrons. The molecule has 0 spiro atoms. The zero-order valence-electron chi connectivity index (χ0n) is 21.7. The molecule has 1 aromatic rings. The van der Waals surface area contributed by atoms with Crippen LogP contribution in [-0.4, -0.2) is 58.1 Å². The summed E-state index contributed by atoms with van der Waals surface area (Å²) in [5.74, 6) is -4.09. The second kappa shape index (κ2) is 10.1. The third-order valence-corrected chi connectivity index (χ3v) is 8.16. The molecule has 2 N–H and O–H groups in total. The maximum atomic E-state index is 13.5.